The van der Waals surface area contributed by atoms with E-state index in [0.29, 0.717) is 44.5 Å². The summed E-state index contributed by atoms with van der Waals surface area (Å²) in [6.45, 7) is 3.02. The number of carboxylic acids is 1. The van der Waals surface area contributed by atoms with Gasteiger partial charge in [-0.05, 0) is 48.9 Å². The average Bonchev–Trinajstić information content (AvgIpc) is 3.07. The largest absolute Gasteiger partial charge is 0.480 e. The second-order valence-corrected chi connectivity index (χ2v) is 7.91. The van der Waals surface area contributed by atoms with Crippen molar-refractivity contribution in [2.24, 2.45) is 5.41 Å². The summed E-state index contributed by atoms with van der Waals surface area (Å²) >= 11 is 0. The monoisotopic (exact) mass is 381 g/mol. The summed E-state index contributed by atoms with van der Waals surface area (Å²) in [7, 11) is 0. The fourth-order valence-corrected chi connectivity index (χ4v) is 4.55. The summed E-state index contributed by atoms with van der Waals surface area (Å²) in [4.78, 5) is 43.9. The van der Waals surface area contributed by atoms with Crippen LogP contribution in [0.1, 0.15) is 36.5 Å². The number of aliphatic carboxylic acids is 1. The molecule has 0 bridgehead atoms. The molecule has 2 fully saturated rings. The number of fused-ring (bicyclic) bond motifs is 1. The predicted octanol–water partition coefficient (Wildman–Crippen LogP) is 2.16. The normalized spacial score (nSPS) is 21.2. The zero-order valence-corrected chi connectivity index (χ0v) is 15.8. The van der Waals surface area contributed by atoms with Crippen molar-refractivity contribution in [1.82, 2.24) is 14.8 Å². The van der Waals surface area contributed by atoms with Crippen LogP contribution in [-0.4, -0.2) is 63.4 Å². The molecule has 7 heteroatoms. The first kappa shape index (κ1) is 18.4. The van der Waals surface area contributed by atoms with Crippen LogP contribution >= 0.6 is 0 Å². The molecule has 1 atom stereocenters. The molecule has 1 spiro atoms. The number of aromatic nitrogens is 1. The number of pyridine rings is 1. The molecule has 0 saturated carbocycles. The Bertz CT molecular complexity index is 926. The molecule has 7 nitrogen and oxygen atoms in total. The van der Waals surface area contributed by atoms with Gasteiger partial charge in [0.1, 0.15) is 6.04 Å². The number of likely N-dealkylation sites (tertiary alicyclic amines) is 2. The maximum absolute atomic E-state index is 12.9. The number of nitrogens with zero attached hydrogens (tertiary/aromatic N) is 3. The molecule has 3 heterocycles. The molecule has 1 unspecified atom stereocenters. The molecule has 2 aliphatic rings. The standard InChI is InChI=1S/C21H23N3O4/c1-14(25)24-13-21(12-18(24)20(27)28)6-9-23(10-7-21)19(26)16-4-5-17-15(11-16)3-2-8-22-17/h2-5,8,11,18H,6-7,9-10,12-13H2,1H3,(H,27,28). The van der Waals surface area contributed by atoms with Crippen molar-refractivity contribution in [3.63, 3.8) is 0 Å². The van der Waals surface area contributed by atoms with Crippen LogP contribution in [0.3, 0.4) is 0 Å². The molecule has 2 amide bonds. The van der Waals surface area contributed by atoms with Gasteiger partial charge < -0.3 is 14.9 Å². The zero-order valence-electron chi connectivity index (χ0n) is 15.8. The highest BCUT2D eigenvalue weighted by Crippen LogP contribution is 2.43. The Morgan fingerprint density at radius 1 is 1.18 bits per heavy atom. The minimum Gasteiger partial charge on any atom is -0.480 e. The van der Waals surface area contributed by atoms with Crippen LogP contribution in [0.5, 0.6) is 0 Å². The number of hydrogen-bond acceptors (Lipinski definition) is 4. The number of piperidine rings is 1. The van der Waals surface area contributed by atoms with Gasteiger partial charge in [-0.25, -0.2) is 4.79 Å². The fraction of sp³-hybridized carbons (Fsp3) is 0.429. The average molecular weight is 381 g/mol. The Balaban J connectivity index is 1.47. The number of rotatable bonds is 2. The number of carbonyl (C=O) groups is 3. The molecule has 1 N–H and O–H groups in total. The third-order valence-corrected chi connectivity index (χ3v) is 6.16. The molecule has 1 aromatic carbocycles. The van der Waals surface area contributed by atoms with Crippen LogP contribution in [0, 0.1) is 5.41 Å². The number of carbonyl (C=O) groups excluding carboxylic acids is 2. The van der Waals surface area contributed by atoms with E-state index < -0.39 is 12.0 Å². The topological polar surface area (TPSA) is 90.8 Å². The van der Waals surface area contributed by atoms with Gasteiger partial charge in [0.15, 0.2) is 0 Å². The van der Waals surface area contributed by atoms with E-state index in [-0.39, 0.29) is 17.2 Å². The van der Waals surface area contributed by atoms with Crippen LogP contribution in [0.15, 0.2) is 36.5 Å². The Morgan fingerprint density at radius 2 is 1.93 bits per heavy atom. The summed E-state index contributed by atoms with van der Waals surface area (Å²) in [6, 6.07) is 8.55. The molecule has 2 saturated heterocycles. The lowest BCUT2D eigenvalue weighted by atomic mass is 9.76. The fourth-order valence-electron chi connectivity index (χ4n) is 4.55. The lowest BCUT2D eigenvalue weighted by Gasteiger charge is -2.39. The smallest absolute Gasteiger partial charge is 0.326 e. The van der Waals surface area contributed by atoms with Gasteiger partial charge >= 0.3 is 5.97 Å². The van der Waals surface area contributed by atoms with E-state index in [4.69, 9.17) is 0 Å². The van der Waals surface area contributed by atoms with E-state index in [9.17, 15) is 19.5 Å². The van der Waals surface area contributed by atoms with E-state index in [1.165, 1.54) is 11.8 Å². The van der Waals surface area contributed by atoms with Crippen molar-refractivity contribution in [2.75, 3.05) is 19.6 Å². The van der Waals surface area contributed by atoms with Gasteiger partial charge in [-0.2, -0.15) is 0 Å². The van der Waals surface area contributed by atoms with Crippen LogP contribution < -0.4 is 0 Å². The zero-order chi connectivity index (χ0) is 19.9. The number of benzene rings is 1. The third-order valence-electron chi connectivity index (χ3n) is 6.16. The molecule has 2 aromatic rings. The molecular weight excluding hydrogens is 358 g/mol. The summed E-state index contributed by atoms with van der Waals surface area (Å²) < 4.78 is 0. The van der Waals surface area contributed by atoms with Crippen molar-refractivity contribution >= 4 is 28.7 Å². The van der Waals surface area contributed by atoms with Gasteiger partial charge in [0.25, 0.3) is 5.91 Å². The summed E-state index contributed by atoms with van der Waals surface area (Å²) in [5, 5.41) is 10.4. The molecule has 146 valence electrons. The van der Waals surface area contributed by atoms with Crippen LogP contribution in [0.2, 0.25) is 0 Å². The van der Waals surface area contributed by atoms with Crippen molar-refractivity contribution in [3.05, 3.63) is 42.1 Å². The van der Waals surface area contributed by atoms with E-state index in [1.807, 2.05) is 29.2 Å². The molecule has 0 radical (unpaired) electrons. The van der Waals surface area contributed by atoms with E-state index in [0.717, 1.165) is 10.9 Å². The molecule has 1 aromatic heterocycles. The number of amides is 2. The first-order valence-electron chi connectivity index (χ1n) is 9.53. The third kappa shape index (κ3) is 3.21. The highest BCUT2D eigenvalue weighted by molar-refractivity contribution is 5.98. The second kappa shape index (κ2) is 6.89. The van der Waals surface area contributed by atoms with E-state index >= 15 is 0 Å². The van der Waals surface area contributed by atoms with Gasteiger partial charge in [0.05, 0.1) is 5.52 Å². The summed E-state index contributed by atoms with van der Waals surface area (Å²) in [5.74, 6) is -1.17. The highest BCUT2D eigenvalue weighted by Gasteiger charge is 2.49. The van der Waals surface area contributed by atoms with Gasteiger partial charge in [0, 0.05) is 43.7 Å². The minimum atomic E-state index is -0.949. The van der Waals surface area contributed by atoms with E-state index in [2.05, 4.69) is 4.98 Å². The Labute approximate surface area is 162 Å². The maximum atomic E-state index is 12.9. The van der Waals surface area contributed by atoms with Crippen molar-refractivity contribution in [3.8, 4) is 0 Å². The van der Waals surface area contributed by atoms with Gasteiger partial charge in [0.2, 0.25) is 5.91 Å². The highest BCUT2D eigenvalue weighted by atomic mass is 16.4. The first-order valence-corrected chi connectivity index (χ1v) is 9.53. The quantitative estimate of drug-likeness (QED) is 0.861. The molecule has 0 aliphatic carbocycles. The van der Waals surface area contributed by atoms with Crippen LogP contribution in [0.4, 0.5) is 0 Å². The van der Waals surface area contributed by atoms with Crippen molar-refractivity contribution in [1.29, 1.82) is 0 Å². The lowest BCUT2D eigenvalue weighted by molar-refractivity contribution is -0.147. The SMILES string of the molecule is CC(=O)N1CC2(CCN(C(=O)c3ccc4ncccc4c3)CC2)CC1C(=O)O. The number of carboxylic acid groups (broad SMARTS) is 1. The lowest BCUT2D eigenvalue weighted by Crippen LogP contribution is -2.44. The van der Waals surface area contributed by atoms with Crippen LogP contribution in [-0.2, 0) is 9.59 Å². The Kier molecular flexibility index (Phi) is 4.53. The maximum Gasteiger partial charge on any atom is 0.326 e. The Morgan fingerprint density at radius 3 is 2.57 bits per heavy atom. The van der Waals surface area contributed by atoms with Crippen molar-refractivity contribution in [2.45, 2.75) is 32.2 Å². The molecule has 28 heavy (non-hydrogen) atoms. The van der Waals surface area contributed by atoms with Gasteiger partial charge in [-0.3, -0.25) is 14.6 Å². The second-order valence-electron chi connectivity index (χ2n) is 7.91. The minimum absolute atomic E-state index is 0.0168. The number of hydrogen-bond donors (Lipinski definition) is 1. The predicted molar refractivity (Wildman–Crippen MR) is 103 cm³/mol. The molecule has 4 rings (SSSR count). The Hall–Kier alpha value is -2.96. The molecular formula is C21H23N3O4. The summed E-state index contributed by atoms with van der Waals surface area (Å²) in [6.07, 6.45) is 3.61. The van der Waals surface area contributed by atoms with Crippen molar-refractivity contribution < 1.29 is 19.5 Å². The summed E-state index contributed by atoms with van der Waals surface area (Å²) in [5.41, 5.74) is 1.28. The van der Waals surface area contributed by atoms with E-state index in [1.54, 1.807) is 12.3 Å². The van der Waals surface area contributed by atoms with Gasteiger partial charge in [-0.1, -0.05) is 6.07 Å². The molecule has 2 aliphatic heterocycles. The van der Waals surface area contributed by atoms with Gasteiger partial charge in [-0.15, -0.1) is 0 Å². The van der Waals surface area contributed by atoms with Crippen LogP contribution in [0.25, 0.3) is 10.9 Å². The first-order chi connectivity index (χ1) is 13.4.